The summed E-state index contributed by atoms with van der Waals surface area (Å²) in [6, 6.07) is 0. The van der Waals surface area contributed by atoms with Crippen molar-refractivity contribution in [2.24, 2.45) is 5.92 Å². The van der Waals surface area contributed by atoms with E-state index in [1.165, 1.54) is 19.3 Å². The average Bonchev–Trinajstić information content (AvgIpc) is 3.06. The fraction of sp³-hybridized carbons (Fsp3) is 0.600. The molecule has 158 valence electrons. The molecule has 1 atom stereocenters. The molecule has 3 nitrogen and oxygen atoms in total. The molecule has 0 heterocycles. The van der Waals surface area contributed by atoms with E-state index >= 15 is 0 Å². The van der Waals surface area contributed by atoms with Crippen LogP contribution in [-0.4, -0.2) is 18.2 Å². The summed E-state index contributed by atoms with van der Waals surface area (Å²) in [7, 11) is 0. The van der Waals surface area contributed by atoms with Gasteiger partial charge in [0, 0.05) is 24.5 Å². The molecule has 0 saturated carbocycles. The topological polar surface area (TPSA) is 46.2 Å². The van der Waals surface area contributed by atoms with E-state index < -0.39 is 0 Å². The number of hydrogen-bond acceptors (Lipinski definition) is 2. The van der Waals surface area contributed by atoms with Gasteiger partial charge in [-0.2, -0.15) is 0 Å². The van der Waals surface area contributed by atoms with E-state index in [-0.39, 0.29) is 17.6 Å². The van der Waals surface area contributed by atoms with Gasteiger partial charge in [0.2, 0.25) is 5.91 Å². The van der Waals surface area contributed by atoms with Crippen molar-refractivity contribution in [3.8, 4) is 0 Å². The van der Waals surface area contributed by atoms with Crippen LogP contribution in [0.4, 0.5) is 0 Å². The summed E-state index contributed by atoms with van der Waals surface area (Å²) in [6.07, 6.45) is 23.1. The van der Waals surface area contributed by atoms with Crippen LogP contribution in [0.25, 0.3) is 0 Å². The number of allylic oxidation sites excluding steroid dienone is 8. The van der Waals surface area contributed by atoms with Gasteiger partial charge < -0.3 is 5.32 Å². The second-order valence-corrected chi connectivity index (χ2v) is 6.83. The molecular formula is C25H41NO2. The van der Waals surface area contributed by atoms with Gasteiger partial charge in [0.05, 0.1) is 0 Å². The van der Waals surface area contributed by atoms with Crippen LogP contribution < -0.4 is 5.32 Å². The van der Waals surface area contributed by atoms with Gasteiger partial charge in [-0.3, -0.25) is 9.59 Å². The maximum Gasteiger partial charge on any atom is 0.220 e. The van der Waals surface area contributed by atoms with Crippen LogP contribution in [0.1, 0.15) is 85.5 Å². The standard InChI is InChI=1S/C23H35NO2.C2H6/c1-3-5-6-7-8-12-15-21-20(17-18-22(21)25)14-11-9-10-13-16-23(26)24-19-4-2;1-2/h8-9,11-12,15,17-18,20H,3-7,10,13-14,16,19H2,1-2H3,(H,24,26);1-2H3/b11-9+,12-8+,21-15+;. The average molecular weight is 388 g/mol. The van der Waals surface area contributed by atoms with E-state index in [1.54, 1.807) is 6.08 Å². The van der Waals surface area contributed by atoms with Crippen LogP contribution in [0.2, 0.25) is 0 Å². The molecular weight excluding hydrogens is 346 g/mol. The summed E-state index contributed by atoms with van der Waals surface area (Å²) in [4.78, 5) is 23.5. The zero-order valence-electron chi connectivity index (χ0n) is 18.5. The van der Waals surface area contributed by atoms with E-state index in [2.05, 4.69) is 37.4 Å². The number of amides is 1. The zero-order valence-corrected chi connectivity index (χ0v) is 18.5. The van der Waals surface area contributed by atoms with Crippen molar-refractivity contribution in [3.63, 3.8) is 0 Å². The van der Waals surface area contributed by atoms with E-state index in [0.29, 0.717) is 6.42 Å². The van der Waals surface area contributed by atoms with Crippen molar-refractivity contribution in [3.05, 3.63) is 48.1 Å². The molecule has 1 aliphatic rings. The van der Waals surface area contributed by atoms with Gasteiger partial charge in [0.1, 0.15) is 0 Å². The van der Waals surface area contributed by atoms with E-state index in [0.717, 1.165) is 44.2 Å². The molecule has 0 fully saturated rings. The SMILES string of the molecule is CC.CCCCC/C=C/C=C1/C(=O)C=CC1C/C=C/CCCC(=O)NCCC. The Balaban J connectivity index is 0.00000352. The molecule has 1 amide bonds. The molecule has 1 aliphatic carbocycles. The van der Waals surface area contributed by atoms with Gasteiger partial charge >= 0.3 is 0 Å². The molecule has 0 aliphatic heterocycles. The van der Waals surface area contributed by atoms with Gasteiger partial charge in [-0.15, -0.1) is 0 Å². The number of hydrogen-bond donors (Lipinski definition) is 1. The third-order valence-corrected chi connectivity index (χ3v) is 4.45. The summed E-state index contributed by atoms with van der Waals surface area (Å²) >= 11 is 0. The molecule has 0 radical (unpaired) electrons. The third kappa shape index (κ3) is 12.5. The molecule has 1 unspecified atom stereocenters. The van der Waals surface area contributed by atoms with Crippen LogP contribution in [-0.2, 0) is 9.59 Å². The van der Waals surface area contributed by atoms with Crippen molar-refractivity contribution >= 4 is 11.7 Å². The molecule has 1 N–H and O–H groups in total. The lowest BCUT2D eigenvalue weighted by atomic mass is 9.97. The van der Waals surface area contributed by atoms with Gasteiger partial charge in [-0.1, -0.05) is 77.0 Å². The van der Waals surface area contributed by atoms with Gasteiger partial charge in [-0.05, 0) is 44.6 Å². The summed E-state index contributed by atoms with van der Waals surface area (Å²) in [6.45, 7) is 9.02. The Kier molecular flexibility index (Phi) is 17.2. The summed E-state index contributed by atoms with van der Waals surface area (Å²) in [5.41, 5.74) is 0.889. The minimum atomic E-state index is 0.134. The molecule has 1 rings (SSSR count). The molecule has 0 saturated heterocycles. The maximum atomic E-state index is 12.0. The van der Waals surface area contributed by atoms with E-state index in [9.17, 15) is 9.59 Å². The Hall–Kier alpha value is -1.90. The minimum Gasteiger partial charge on any atom is -0.356 e. The Morgan fingerprint density at radius 3 is 2.50 bits per heavy atom. The Morgan fingerprint density at radius 2 is 1.79 bits per heavy atom. The first-order valence-corrected chi connectivity index (χ1v) is 11.2. The number of rotatable bonds is 13. The highest BCUT2D eigenvalue weighted by atomic mass is 16.1. The number of nitrogens with one attached hydrogen (secondary N) is 1. The molecule has 0 spiro atoms. The van der Waals surface area contributed by atoms with Crippen LogP contribution >= 0.6 is 0 Å². The number of ketones is 1. The predicted molar refractivity (Wildman–Crippen MR) is 121 cm³/mol. The lowest BCUT2D eigenvalue weighted by molar-refractivity contribution is -0.121. The van der Waals surface area contributed by atoms with Crippen LogP contribution in [0.5, 0.6) is 0 Å². The van der Waals surface area contributed by atoms with Crippen molar-refractivity contribution < 1.29 is 9.59 Å². The normalized spacial score (nSPS) is 17.5. The van der Waals surface area contributed by atoms with Crippen LogP contribution in [0.15, 0.2) is 48.1 Å². The smallest absolute Gasteiger partial charge is 0.220 e. The number of carbonyl (C=O) groups excluding carboxylic acids is 2. The first kappa shape index (κ1) is 26.1. The Morgan fingerprint density at radius 1 is 1.04 bits per heavy atom. The summed E-state index contributed by atoms with van der Waals surface area (Å²) in [5.74, 6) is 0.460. The number of unbranched alkanes of at least 4 members (excludes halogenated alkanes) is 4. The molecule has 0 bridgehead atoms. The highest BCUT2D eigenvalue weighted by Gasteiger charge is 2.20. The van der Waals surface area contributed by atoms with Crippen LogP contribution in [0, 0.1) is 5.92 Å². The molecule has 0 aromatic heterocycles. The summed E-state index contributed by atoms with van der Waals surface area (Å²) < 4.78 is 0. The monoisotopic (exact) mass is 387 g/mol. The second kappa shape index (κ2) is 18.5. The van der Waals surface area contributed by atoms with E-state index in [4.69, 9.17) is 0 Å². The highest BCUT2D eigenvalue weighted by molar-refractivity contribution is 6.07. The molecule has 28 heavy (non-hydrogen) atoms. The highest BCUT2D eigenvalue weighted by Crippen LogP contribution is 2.25. The maximum absolute atomic E-state index is 12.0. The lowest BCUT2D eigenvalue weighted by Gasteiger charge is -2.06. The van der Waals surface area contributed by atoms with Crippen molar-refractivity contribution in [1.82, 2.24) is 5.32 Å². The molecule has 0 aromatic carbocycles. The fourth-order valence-electron chi connectivity index (χ4n) is 2.87. The van der Waals surface area contributed by atoms with Gasteiger partial charge in [0.15, 0.2) is 5.78 Å². The Bertz CT molecular complexity index is 541. The second-order valence-electron chi connectivity index (χ2n) is 6.83. The fourth-order valence-corrected chi connectivity index (χ4v) is 2.87. The zero-order chi connectivity index (χ0) is 21.0. The third-order valence-electron chi connectivity index (χ3n) is 4.45. The van der Waals surface area contributed by atoms with Crippen molar-refractivity contribution in [2.75, 3.05) is 6.54 Å². The lowest BCUT2D eigenvalue weighted by Crippen LogP contribution is -2.23. The summed E-state index contributed by atoms with van der Waals surface area (Å²) in [5, 5.41) is 2.89. The molecule has 0 aromatic rings. The predicted octanol–water partition coefficient (Wildman–Crippen LogP) is 6.47. The van der Waals surface area contributed by atoms with Gasteiger partial charge in [-0.25, -0.2) is 0 Å². The minimum absolute atomic E-state index is 0.134. The Labute approximate surface area is 173 Å². The molecule has 3 heteroatoms. The quantitative estimate of drug-likeness (QED) is 0.223. The largest absolute Gasteiger partial charge is 0.356 e. The van der Waals surface area contributed by atoms with Crippen molar-refractivity contribution in [1.29, 1.82) is 0 Å². The van der Waals surface area contributed by atoms with Crippen LogP contribution in [0.3, 0.4) is 0 Å². The van der Waals surface area contributed by atoms with Gasteiger partial charge in [0.25, 0.3) is 0 Å². The first-order chi connectivity index (χ1) is 13.7. The van der Waals surface area contributed by atoms with Crippen molar-refractivity contribution in [2.45, 2.75) is 85.5 Å². The number of carbonyl (C=O) groups is 2. The first-order valence-electron chi connectivity index (χ1n) is 11.2. The van der Waals surface area contributed by atoms with E-state index in [1.807, 2.05) is 32.1 Å².